The molecule has 2 amide bonds. The molecule has 6 heteroatoms. The molecule has 1 aromatic rings. The second kappa shape index (κ2) is 12.8. The zero-order valence-electron chi connectivity index (χ0n) is 30.5. The molecule has 1 heterocycles. The first kappa shape index (κ1) is 35.0. The number of nitrogens with zero attached hydrogens (tertiary/aromatic N) is 1. The van der Waals surface area contributed by atoms with Crippen LogP contribution in [-0.4, -0.2) is 46.4 Å². The number of hydrogen-bond acceptors (Lipinski definition) is 3. The second-order valence-electron chi connectivity index (χ2n) is 17.6. The number of amides is 2. The van der Waals surface area contributed by atoms with Crippen LogP contribution in [0.3, 0.4) is 0 Å². The van der Waals surface area contributed by atoms with E-state index in [1.165, 1.54) is 43.3 Å². The molecular weight excluding hydrogens is 596 g/mol. The zero-order chi connectivity index (χ0) is 34.6. The number of nitrogens with one attached hydrogen (secondary N) is 1. The van der Waals surface area contributed by atoms with Gasteiger partial charge in [0.15, 0.2) is 0 Å². The van der Waals surface area contributed by atoms with E-state index in [1.54, 1.807) is 17.0 Å². The van der Waals surface area contributed by atoms with Gasteiger partial charge in [0, 0.05) is 18.5 Å². The van der Waals surface area contributed by atoms with Crippen LogP contribution in [0.5, 0.6) is 0 Å². The lowest BCUT2D eigenvalue weighted by Gasteiger charge is -2.69. The highest BCUT2D eigenvalue weighted by Gasteiger charge is 2.68. The molecule has 0 radical (unpaired) electrons. The molecule has 48 heavy (non-hydrogen) atoms. The van der Waals surface area contributed by atoms with Gasteiger partial charge in [0.05, 0.1) is 12.1 Å². The summed E-state index contributed by atoms with van der Waals surface area (Å²) in [4.78, 5) is 39.2. The average molecular weight is 657 g/mol. The summed E-state index contributed by atoms with van der Waals surface area (Å²) in [6, 6.07) is 7.41. The summed E-state index contributed by atoms with van der Waals surface area (Å²) < 4.78 is 0. The smallest absolute Gasteiger partial charge is 0.335 e. The van der Waals surface area contributed by atoms with Crippen LogP contribution < -0.4 is 5.32 Å². The van der Waals surface area contributed by atoms with Gasteiger partial charge in [0.2, 0.25) is 11.8 Å². The number of aromatic carboxylic acids is 1. The molecule has 6 rings (SSSR count). The van der Waals surface area contributed by atoms with Crippen molar-refractivity contribution in [2.24, 2.45) is 45.8 Å². The standard InChI is InChI=1S/C42H60N2O4/c1-27(2)31(29-11-13-30(14-12-29)38(47)48)17-21-39(5)19-9-20-41(7)34(39)16-15-33-37-32(28(3)4)18-22-42(37,24-23-40(33,41)6)43-35(45)26-44-25-8-10-36(44)46/h11-14,17,27,32-34,37H,3,8-10,15-16,18-26H2,1-2,4-7H3,(H,43,45)(H,47,48). The second-order valence-corrected chi connectivity index (χ2v) is 17.6. The molecule has 0 aromatic heterocycles. The van der Waals surface area contributed by atoms with Gasteiger partial charge < -0.3 is 15.3 Å². The van der Waals surface area contributed by atoms with E-state index in [4.69, 9.17) is 0 Å². The molecule has 5 aliphatic rings. The Bertz CT molecular complexity index is 1480. The largest absolute Gasteiger partial charge is 0.478 e. The van der Waals surface area contributed by atoms with E-state index in [0.717, 1.165) is 44.1 Å². The number of likely N-dealkylation sites (tertiary alicyclic amines) is 1. The van der Waals surface area contributed by atoms with E-state index in [0.29, 0.717) is 48.1 Å². The minimum Gasteiger partial charge on any atom is -0.478 e. The van der Waals surface area contributed by atoms with Crippen molar-refractivity contribution in [2.45, 2.75) is 124 Å². The molecule has 8 atom stereocenters. The molecule has 6 nitrogen and oxygen atoms in total. The Morgan fingerprint density at radius 3 is 2.31 bits per heavy atom. The maximum atomic E-state index is 13.6. The summed E-state index contributed by atoms with van der Waals surface area (Å²) in [5.74, 6) is 1.55. The van der Waals surface area contributed by atoms with Crippen LogP contribution in [0.1, 0.15) is 135 Å². The SMILES string of the molecule is C=C(C)C1CCC2(NC(=O)CN3CCCC3=O)CCC3(C)C(CCC4C(C)(CC=C(c5ccc(C(=O)O)cc5)C(C)C)CCCC43C)C12. The monoisotopic (exact) mass is 656 g/mol. The number of carboxylic acids is 1. The summed E-state index contributed by atoms with van der Waals surface area (Å²) >= 11 is 0. The quantitative estimate of drug-likeness (QED) is 0.260. The van der Waals surface area contributed by atoms with E-state index >= 15 is 0 Å². The van der Waals surface area contributed by atoms with Gasteiger partial charge in [-0.25, -0.2) is 4.79 Å². The predicted molar refractivity (Wildman–Crippen MR) is 192 cm³/mol. The molecule has 1 saturated heterocycles. The third kappa shape index (κ3) is 5.77. The lowest BCUT2D eigenvalue weighted by Crippen LogP contribution is -2.67. The van der Waals surface area contributed by atoms with Gasteiger partial charge in [-0.3, -0.25) is 9.59 Å². The van der Waals surface area contributed by atoms with Crippen molar-refractivity contribution >= 4 is 23.4 Å². The first-order valence-corrected chi connectivity index (χ1v) is 18.9. The molecule has 5 fully saturated rings. The Morgan fingerprint density at radius 1 is 0.979 bits per heavy atom. The number of rotatable bonds is 9. The fraction of sp³-hybridized carbons (Fsp3) is 0.690. The van der Waals surface area contributed by atoms with Crippen LogP contribution >= 0.6 is 0 Å². The molecule has 4 saturated carbocycles. The van der Waals surface area contributed by atoms with Crippen LogP contribution in [-0.2, 0) is 9.59 Å². The Hall–Kier alpha value is -2.89. The van der Waals surface area contributed by atoms with Crippen molar-refractivity contribution < 1.29 is 19.5 Å². The van der Waals surface area contributed by atoms with E-state index in [-0.39, 0.29) is 40.1 Å². The average Bonchev–Trinajstić information content (AvgIpc) is 3.61. The summed E-state index contributed by atoms with van der Waals surface area (Å²) in [5, 5.41) is 13.1. The minimum atomic E-state index is -0.886. The molecule has 1 aliphatic heterocycles. The number of carbonyl (C=O) groups excluding carboxylic acids is 2. The summed E-state index contributed by atoms with van der Waals surface area (Å²) in [7, 11) is 0. The normalized spacial score (nSPS) is 37.9. The third-order valence-corrected chi connectivity index (χ3v) is 14.8. The topological polar surface area (TPSA) is 86.7 Å². The maximum Gasteiger partial charge on any atom is 0.335 e. The van der Waals surface area contributed by atoms with E-state index in [1.807, 2.05) is 12.1 Å². The minimum absolute atomic E-state index is 0.0247. The van der Waals surface area contributed by atoms with Crippen LogP contribution in [0.2, 0.25) is 0 Å². The van der Waals surface area contributed by atoms with Crippen molar-refractivity contribution in [3.05, 3.63) is 53.6 Å². The van der Waals surface area contributed by atoms with Gasteiger partial charge in [0.25, 0.3) is 0 Å². The highest BCUT2D eigenvalue weighted by Crippen LogP contribution is 2.73. The Morgan fingerprint density at radius 2 is 1.69 bits per heavy atom. The van der Waals surface area contributed by atoms with Crippen LogP contribution in [0.15, 0.2) is 42.5 Å². The predicted octanol–water partition coefficient (Wildman–Crippen LogP) is 8.92. The fourth-order valence-corrected chi connectivity index (χ4v) is 12.2. The Kier molecular flexibility index (Phi) is 9.30. The Balaban J connectivity index is 1.27. The van der Waals surface area contributed by atoms with Crippen LogP contribution in [0.4, 0.5) is 0 Å². The summed E-state index contributed by atoms with van der Waals surface area (Å²) in [5.41, 5.74) is 4.39. The number of allylic oxidation sites excluding steroid dienone is 3. The maximum absolute atomic E-state index is 13.6. The van der Waals surface area contributed by atoms with Gasteiger partial charge in [0.1, 0.15) is 0 Å². The molecule has 0 bridgehead atoms. The van der Waals surface area contributed by atoms with Crippen molar-refractivity contribution in [3.63, 3.8) is 0 Å². The number of fused-ring (bicyclic) bond motifs is 5. The van der Waals surface area contributed by atoms with E-state index in [9.17, 15) is 19.5 Å². The molecule has 8 unspecified atom stereocenters. The number of hydrogen-bond donors (Lipinski definition) is 2. The van der Waals surface area contributed by atoms with Gasteiger partial charge in [-0.1, -0.05) is 71.4 Å². The van der Waals surface area contributed by atoms with Crippen molar-refractivity contribution in [1.82, 2.24) is 10.2 Å². The van der Waals surface area contributed by atoms with Gasteiger partial charge in [-0.15, -0.1) is 0 Å². The highest BCUT2D eigenvalue weighted by molar-refractivity contribution is 5.88. The van der Waals surface area contributed by atoms with Gasteiger partial charge in [-0.05, 0) is 140 Å². The molecule has 262 valence electrons. The molecule has 2 N–H and O–H groups in total. The molecule has 1 aromatic carbocycles. The molecule has 0 spiro atoms. The van der Waals surface area contributed by atoms with Crippen molar-refractivity contribution in [3.8, 4) is 0 Å². The number of carbonyl (C=O) groups is 3. The highest BCUT2D eigenvalue weighted by atomic mass is 16.4. The number of benzene rings is 1. The first-order chi connectivity index (χ1) is 22.6. The van der Waals surface area contributed by atoms with Crippen molar-refractivity contribution in [2.75, 3.05) is 13.1 Å². The van der Waals surface area contributed by atoms with Gasteiger partial charge >= 0.3 is 5.97 Å². The van der Waals surface area contributed by atoms with Gasteiger partial charge in [-0.2, -0.15) is 0 Å². The fourth-order valence-electron chi connectivity index (χ4n) is 12.2. The first-order valence-electron chi connectivity index (χ1n) is 18.9. The Labute approximate surface area is 289 Å². The number of carboxylic acid groups (broad SMARTS) is 1. The molecule has 4 aliphatic carbocycles. The van der Waals surface area contributed by atoms with Crippen molar-refractivity contribution in [1.29, 1.82) is 0 Å². The lowest BCUT2D eigenvalue weighted by atomic mass is 9.36. The zero-order valence-corrected chi connectivity index (χ0v) is 30.5. The summed E-state index contributed by atoms with van der Waals surface area (Å²) in [6.07, 6.45) is 15.3. The summed E-state index contributed by atoms with van der Waals surface area (Å²) in [6.45, 7) is 19.9. The molecular formula is C42H60N2O4. The van der Waals surface area contributed by atoms with Crippen LogP contribution in [0.25, 0.3) is 5.57 Å². The van der Waals surface area contributed by atoms with Crippen LogP contribution in [0, 0.1) is 45.8 Å². The lowest BCUT2D eigenvalue weighted by molar-refractivity contribution is -0.197. The third-order valence-electron chi connectivity index (χ3n) is 14.8. The van der Waals surface area contributed by atoms with E-state index in [2.05, 4.69) is 59.5 Å². The van der Waals surface area contributed by atoms with E-state index < -0.39 is 5.97 Å².